The second-order valence-electron chi connectivity index (χ2n) is 9.60. The van der Waals surface area contributed by atoms with E-state index < -0.39 is 17.2 Å². The number of carbonyl (C=O) groups excluding carboxylic acids is 1. The summed E-state index contributed by atoms with van der Waals surface area (Å²) < 4.78 is 17.6. The van der Waals surface area contributed by atoms with Gasteiger partial charge in [0.1, 0.15) is 16.9 Å². The van der Waals surface area contributed by atoms with Crippen LogP contribution < -0.4 is 20.8 Å². The van der Waals surface area contributed by atoms with Crippen LogP contribution in [-0.2, 0) is 11.3 Å². The smallest absolute Gasteiger partial charge is 0.345 e. The normalized spacial score (nSPS) is 14.3. The largest absolute Gasteiger partial charge is 0.497 e. The molecular formula is C29H31N3O6. The van der Waals surface area contributed by atoms with Gasteiger partial charge in [0.2, 0.25) is 0 Å². The summed E-state index contributed by atoms with van der Waals surface area (Å²) in [4.78, 5) is 44.2. The number of ether oxygens (including phenoxy) is 2. The quantitative estimate of drug-likeness (QED) is 0.284. The number of methoxy groups -OCH3 is 1. The number of nitrogens with zero attached hydrogens (tertiary/aromatic N) is 3. The minimum Gasteiger partial charge on any atom is -0.497 e. The number of aromatic nitrogens is 1. The monoisotopic (exact) mass is 517 g/mol. The molecule has 5 rings (SSSR count). The van der Waals surface area contributed by atoms with Crippen molar-refractivity contribution in [3.05, 3.63) is 79.9 Å². The van der Waals surface area contributed by atoms with E-state index in [9.17, 15) is 14.4 Å². The first-order chi connectivity index (χ1) is 18.3. The van der Waals surface area contributed by atoms with E-state index in [1.165, 1.54) is 13.2 Å². The summed E-state index contributed by atoms with van der Waals surface area (Å²) in [6, 6.07) is 12.5. The standard InChI is InChI=1S/C29H31N3O6/c1-5-37-29(35)26-27(31-12-10-30(3)11-13-31)22-14-18(2)6-9-23(22)32(28(26)34)17-19-15-25(33)38-24-16-20(36-4)7-8-21(19)24/h6-9,14-16H,5,10-13,17H2,1-4H3. The van der Waals surface area contributed by atoms with Gasteiger partial charge >= 0.3 is 11.6 Å². The predicted molar refractivity (Wildman–Crippen MR) is 147 cm³/mol. The van der Waals surface area contributed by atoms with Crippen LogP contribution in [0.4, 0.5) is 5.69 Å². The van der Waals surface area contributed by atoms with Crippen molar-refractivity contribution in [1.82, 2.24) is 9.47 Å². The molecule has 0 N–H and O–H groups in total. The minimum absolute atomic E-state index is 0.0171. The predicted octanol–water partition coefficient (Wildman–Crippen LogP) is 3.40. The number of esters is 1. The van der Waals surface area contributed by atoms with Gasteiger partial charge in [0.25, 0.3) is 5.56 Å². The number of likely N-dealkylation sites (N-methyl/N-ethyl adjacent to an activating group) is 1. The first kappa shape index (κ1) is 25.5. The Morgan fingerprint density at radius 1 is 1.00 bits per heavy atom. The number of carbonyl (C=O) groups is 1. The molecule has 38 heavy (non-hydrogen) atoms. The molecule has 0 unspecified atom stereocenters. The molecule has 4 aromatic rings. The van der Waals surface area contributed by atoms with Crippen LogP contribution in [0.25, 0.3) is 21.9 Å². The van der Waals surface area contributed by atoms with Crippen LogP contribution in [0.3, 0.4) is 0 Å². The van der Waals surface area contributed by atoms with E-state index in [1.807, 2.05) is 25.1 Å². The molecule has 1 saturated heterocycles. The van der Waals surface area contributed by atoms with E-state index in [1.54, 1.807) is 29.7 Å². The molecule has 9 nitrogen and oxygen atoms in total. The second-order valence-corrected chi connectivity index (χ2v) is 9.60. The van der Waals surface area contributed by atoms with Crippen molar-refractivity contribution in [2.45, 2.75) is 20.4 Å². The number of hydrogen-bond acceptors (Lipinski definition) is 8. The van der Waals surface area contributed by atoms with Crippen molar-refractivity contribution >= 4 is 33.5 Å². The van der Waals surface area contributed by atoms with Crippen LogP contribution in [0.1, 0.15) is 28.4 Å². The van der Waals surface area contributed by atoms with Crippen molar-refractivity contribution in [3.63, 3.8) is 0 Å². The maximum absolute atomic E-state index is 14.1. The van der Waals surface area contributed by atoms with Gasteiger partial charge in [-0.05, 0) is 50.7 Å². The fourth-order valence-electron chi connectivity index (χ4n) is 5.10. The Bertz CT molecular complexity index is 1650. The molecule has 0 bridgehead atoms. The molecule has 2 aromatic heterocycles. The highest BCUT2D eigenvalue weighted by Crippen LogP contribution is 2.32. The lowest BCUT2D eigenvalue weighted by atomic mass is 10.0. The van der Waals surface area contributed by atoms with Gasteiger partial charge < -0.3 is 28.3 Å². The molecule has 198 valence electrons. The summed E-state index contributed by atoms with van der Waals surface area (Å²) in [5, 5.41) is 1.48. The van der Waals surface area contributed by atoms with Crippen LogP contribution >= 0.6 is 0 Å². The molecule has 0 saturated carbocycles. The summed E-state index contributed by atoms with van der Waals surface area (Å²) in [5.41, 5.74) is 2.28. The lowest BCUT2D eigenvalue weighted by Gasteiger charge is -2.35. The third-order valence-electron chi connectivity index (χ3n) is 7.06. The molecule has 0 atom stereocenters. The average molecular weight is 518 g/mol. The number of anilines is 1. The Balaban J connectivity index is 1.78. The van der Waals surface area contributed by atoms with E-state index in [2.05, 4.69) is 16.8 Å². The number of hydrogen-bond donors (Lipinski definition) is 0. The van der Waals surface area contributed by atoms with Crippen molar-refractivity contribution in [1.29, 1.82) is 0 Å². The van der Waals surface area contributed by atoms with E-state index >= 15 is 0 Å². The van der Waals surface area contributed by atoms with E-state index in [-0.39, 0.29) is 18.7 Å². The molecule has 0 amide bonds. The lowest BCUT2D eigenvalue weighted by Crippen LogP contribution is -2.46. The fraction of sp³-hybridized carbons (Fsp3) is 0.345. The van der Waals surface area contributed by atoms with Crippen molar-refractivity contribution in [2.75, 3.05) is 51.8 Å². The van der Waals surface area contributed by atoms with Gasteiger partial charge in [-0.1, -0.05) is 11.6 Å². The fourth-order valence-corrected chi connectivity index (χ4v) is 5.10. The lowest BCUT2D eigenvalue weighted by molar-refractivity contribution is 0.0524. The minimum atomic E-state index is -0.647. The maximum atomic E-state index is 14.1. The molecule has 0 spiro atoms. The molecule has 1 aliphatic rings. The number of aryl methyl sites for hydroxylation is 1. The van der Waals surface area contributed by atoms with Crippen molar-refractivity contribution in [2.24, 2.45) is 0 Å². The highest BCUT2D eigenvalue weighted by atomic mass is 16.5. The van der Waals surface area contributed by atoms with Gasteiger partial charge in [-0.3, -0.25) is 4.79 Å². The third kappa shape index (κ3) is 4.65. The Kier molecular flexibility index (Phi) is 6.94. The van der Waals surface area contributed by atoms with Crippen molar-refractivity contribution < 1.29 is 18.7 Å². The zero-order valence-electron chi connectivity index (χ0n) is 22.1. The highest BCUT2D eigenvalue weighted by Gasteiger charge is 2.29. The molecule has 3 heterocycles. The molecule has 9 heteroatoms. The zero-order valence-corrected chi connectivity index (χ0v) is 22.1. The number of piperazine rings is 1. The first-order valence-corrected chi connectivity index (χ1v) is 12.7. The Morgan fingerprint density at radius 3 is 2.47 bits per heavy atom. The maximum Gasteiger partial charge on any atom is 0.345 e. The Labute approximate surface area is 219 Å². The number of benzene rings is 2. The average Bonchev–Trinajstić information content (AvgIpc) is 2.90. The number of fused-ring (bicyclic) bond motifs is 2. The SMILES string of the molecule is CCOC(=O)c1c(N2CCN(C)CC2)c2cc(C)ccc2n(Cc2cc(=O)oc3cc(OC)ccc23)c1=O. The summed E-state index contributed by atoms with van der Waals surface area (Å²) in [6.45, 7) is 6.92. The highest BCUT2D eigenvalue weighted by molar-refractivity contribution is 6.05. The van der Waals surface area contributed by atoms with Gasteiger partial charge in [-0.2, -0.15) is 0 Å². The topological polar surface area (TPSA) is 94.2 Å². The van der Waals surface area contributed by atoms with Crippen LogP contribution in [-0.4, -0.2) is 62.4 Å². The third-order valence-corrected chi connectivity index (χ3v) is 7.06. The summed E-state index contributed by atoms with van der Waals surface area (Å²) >= 11 is 0. The molecule has 0 aliphatic carbocycles. The Hall–Kier alpha value is -4.11. The van der Waals surface area contributed by atoms with Crippen LogP contribution in [0.15, 0.2) is 56.5 Å². The van der Waals surface area contributed by atoms with Gasteiger partial charge in [-0.25, -0.2) is 9.59 Å². The second kappa shape index (κ2) is 10.3. The summed E-state index contributed by atoms with van der Waals surface area (Å²) in [5.74, 6) is -0.0947. The van der Waals surface area contributed by atoms with Crippen LogP contribution in [0.5, 0.6) is 5.75 Å². The van der Waals surface area contributed by atoms with Crippen LogP contribution in [0.2, 0.25) is 0 Å². The molecule has 1 aliphatic heterocycles. The molecule has 0 radical (unpaired) electrons. The molecule has 1 fully saturated rings. The molecule has 2 aromatic carbocycles. The summed E-state index contributed by atoms with van der Waals surface area (Å²) in [6.07, 6.45) is 0. The van der Waals surface area contributed by atoms with E-state index in [4.69, 9.17) is 13.9 Å². The first-order valence-electron chi connectivity index (χ1n) is 12.7. The van der Waals surface area contributed by atoms with Crippen LogP contribution in [0, 0.1) is 6.92 Å². The van der Waals surface area contributed by atoms with Gasteiger partial charge in [0, 0.05) is 49.1 Å². The van der Waals surface area contributed by atoms with Gasteiger partial charge in [-0.15, -0.1) is 0 Å². The van der Waals surface area contributed by atoms with Gasteiger partial charge in [0.15, 0.2) is 0 Å². The number of pyridine rings is 1. The Morgan fingerprint density at radius 2 is 1.76 bits per heavy atom. The molecular weight excluding hydrogens is 486 g/mol. The van der Waals surface area contributed by atoms with E-state index in [0.717, 1.165) is 24.0 Å². The van der Waals surface area contributed by atoms with E-state index in [0.29, 0.717) is 46.6 Å². The summed E-state index contributed by atoms with van der Waals surface area (Å²) in [7, 11) is 3.59. The van der Waals surface area contributed by atoms with Gasteiger partial charge in [0.05, 0.1) is 31.5 Å². The number of rotatable bonds is 6. The van der Waals surface area contributed by atoms with Crippen molar-refractivity contribution in [3.8, 4) is 5.75 Å². The zero-order chi connectivity index (χ0) is 27.0.